The Morgan fingerprint density at radius 3 is 2.06 bits per heavy atom. The Morgan fingerprint density at radius 1 is 1.29 bits per heavy atom. The summed E-state index contributed by atoms with van der Waals surface area (Å²) in [6.45, 7) is 10.1. The fraction of sp³-hybridized carbons (Fsp3) is 0.917. The van der Waals surface area contributed by atoms with Gasteiger partial charge in [0.1, 0.15) is 10.9 Å². The van der Waals surface area contributed by atoms with Crippen molar-refractivity contribution in [3.63, 3.8) is 0 Å². The molecule has 0 bridgehead atoms. The predicted molar refractivity (Wildman–Crippen MR) is 67.3 cm³/mol. The van der Waals surface area contributed by atoms with E-state index in [-0.39, 0.29) is 12.3 Å². The number of alkyl halides is 2. The monoisotopic (exact) mass is 268 g/mol. The van der Waals surface area contributed by atoms with E-state index in [2.05, 4.69) is 0 Å². The van der Waals surface area contributed by atoms with Gasteiger partial charge in [0.2, 0.25) is 0 Å². The van der Waals surface area contributed by atoms with Gasteiger partial charge >= 0.3 is 5.97 Å². The Kier molecular flexibility index (Phi) is 5.91. The van der Waals surface area contributed by atoms with Gasteiger partial charge in [-0.15, -0.1) is 0 Å². The third kappa shape index (κ3) is 6.86. The van der Waals surface area contributed by atoms with Crippen molar-refractivity contribution < 1.29 is 18.3 Å². The second-order valence-electron chi connectivity index (χ2n) is 5.31. The van der Waals surface area contributed by atoms with Gasteiger partial charge < -0.3 is 4.74 Å². The van der Waals surface area contributed by atoms with Gasteiger partial charge in [-0.05, 0) is 26.7 Å². The highest BCUT2D eigenvalue weighted by Gasteiger charge is 2.38. The molecule has 0 saturated carbocycles. The molecule has 17 heavy (non-hydrogen) atoms. The lowest BCUT2D eigenvalue weighted by atomic mass is 10.1. The van der Waals surface area contributed by atoms with Crippen LogP contribution in [0, 0.1) is 5.92 Å². The average Bonchev–Trinajstić information content (AvgIpc) is 2.11. The van der Waals surface area contributed by atoms with Crippen molar-refractivity contribution in [2.24, 2.45) is 5.92 Å². The summed E-state index contributed by atoms with van der Waals surface area (Å²) in [5, 5.41) is -3.71. The highest BCUT2D eigenvalue weighted by Crippen LogP contribution is 2.39. The minimum Gasteiger partial charge on any atom is -0.459 e. The Labute approximate surface area is 106 Å². The minimum atomic E-state index is -2.88. The van der Waals surface area contributed by atoms with Crippen molar-refractivity contribution in [2.45, 2.75) is 64.1 Å². The van der Waals surface area contributed by atoms with Crippen LogP contribution < -0.4 is 0 Å². The maximum atomic E-state index is 13.3. The molecule has 5 heteroatoms. The maximum Gasteiger partial charge on any atom is 0.320 e. The molecule has 0 aromatic carbocycles. The average molecular weight is 268 g/mol. The molecule has 0 aliphatic rings. The Bertz CT molecular complexity index is 260. The van der Waals surface area contributed by atoms with Crippen molar-refractivity contribution in [2.75, 3.05) is 0 Å². The number of hydrogen-bond donors (Lipinski definition) is 0. The summed E-state index contributed by atoms with van der Waals surface area (Å²) >= 11 is 0.396. The predicted octanol–water partition coefficient (Wildman–Crippen LogP) is 4.09. The summed E-state index contributed by atoms with van der Waals surface area (Å²) in [7, 11) is 0. The Morgan fingerprint density at radius 2 is 1.76 bits per heavy atom. The molecule has 0 heterocycles. The van der Waals surface area contributed by atoms with Crippen LogP contribution in [0.15, 0.2) is 0 Å². The SMILES string of the molecule is CCC(F)(F)SC(C(=O)OC(C)(C)C)C(C)C. The number of rotatable bonds is 5. The molecule has 0 fully saturated rings. The third-order valence-electron chi connectivity index (χ3n) is 1.96. The quantitative estimate of drug-likeness (QED) is 0.702. The highest BCUT2D eigenvalue weighted by atomic mass is 32.2. The van der Waals surface area contributed by atoms with Gasteiger partial charge in [0.15, 0.2) is 0 Å². The summed E-state index contributed by atoms with van der Waals surface area (Å²) in [6, 6.07) is 0. The van der Waals surface area contributed by atoms with Crippen molar-refractivity contribution in [1.29, 1.82) is 0 Å². The molecule has 0 aliphatic heterocycles. The van der Waals surface area contributed by atoms with E-state index in [9.17, 15) is 13.6 Å². The maximum absolute atomic E-state index is 13.3. The van der Waals surface area contributed by atoms with Crippen molar-refractivity contribution in [3.05, 3.63) is 0 Å². The molecule has 0 amide bonds. The zero-order chi connectivity index (χ0) is 13.9. The van der Waals surface area contributed by atoms with Crippen LogP contribution in [0.25, 0.3) is 0 Å². The first kappa shape index (κ1) is 16.7. The van der Waals surface area contributed by atoms with Crippen LogP contribution in [0.4, 0.5) is 8.78 Å². The molecule has 0 radical (unpaired) electrons. The normalized spacial score (nSPS) is 14.9. The summed E-state index contributed by atoms with van der Waals surface area (Å²) in [4.78, 5) is 11.8. The largest absolute Gasteiger partial charge is 0.459 e. The van der Waals surface area contributed by atoms with Crippen LogP contribution in [0.5, 0.6) is 0 Å². The van der Waals surface area contributed by atoms with E-state index in [1.165, 1.54) is 6.92 Å². The van der Waals surface area contributed by atoms with Crippen LogP contribution in [-0.4, -0.2) is 22.1 Å². The van der Waals surface area contributed by atoms with Crippen LogP contribution in [-0.2, 0) is 9.53 Å². The first-order valence-corrected chi connectivity index (χ1v) is 6.65. The van der Waals surface area contributed by atoms with Gasteiger partial charge in [-0.1, -0.05) is 32.5 Å². The standard InChI is InChI=1S/C12H22F2O2S/c1-7-12(13,14)17-9(8(2)3)10(15)16-11(4,5)6/h8-9H,7H2,1-6H3. The van der Waals surface area contributed by atoms with Crippen LogP contribution >= 0.6 is 11.8 Å². The first-order valence-electron chi connectivity index (χ1n) is 5.77. The fourth-order valence-electron chi connectivity index (χ4n) is 1.09. The number of ether oxygens (including phenoxy) is 1. The summed E-state index contributed by atoms with van der Waals surface area (Å²) in [6.07, 6.45) is -0.288. The lowest BCUT2D eigenvalue weighted by Gasteiger charge is -2.27. The second-order valence-corrected chi connectivity index (χ2v) is 6.65. The van der Waals surface area contributed by atoms with Crippen LogP contribution in [0.1, 0.15) is 48.0 Å². The summed E-state index contributed by atoms with van der Waals surface area (Å²) in [5.74, 6) is -0.752. The van der Waals surface area contributed by atoms with E-state index in [1.54, 1.807) is 34.6 Å². The van der Waals surface area contributed by atoms with Gasteiger partial charge in [0.25, 0.3) is 5.25 Å². The molecular formula is C12H22F2O2S. The molecule has 0 aliphatic carbocycles. The molecule has 2 nitrogen and oxygen atoms in total. The van der Waals surface area contributed by atoms with E-state index in [1.807, 2.05) is 0 Å². The molecule has 0 rings (SSSR count). The van der Waals surface area contributed by atoms with Crippen molar-refractivity contribution >= 4 is 17.7 Å². The van der Waals surface area contributed by atoms with E-state index in [0.29, 0.717) is 11.8 Å². The van der Waals surface area contributed by atoms with Crippen LogP contribution in [0.2, 0.25) is 0 Å². The first-order chi connectivity index (χ1) is 7.48. The summed E-state index contributed by atoms with van der Waals surface area (Å²) < 4.78 is 31.8. The van der Waals surface area contributed by atoms with Gasteiger partial charge in [-0.25, -0.2) is 0 Å². The summed E-state index contributed by atoms with van der Waals surface area (Å²) in [5.41, 5.74) is -0.647. The zero-order valence-corrected chi connectivity index (χ0v) is 12.2. The Hall–Kier alpha value is -0.320. The molecule has 1 unspecified atom stereocenters. The van der Waals surface area contributed by atoms with Gasteiger partial charge in [0, 0.05) is 6.42 Å². The van der Waals surface area contributed by atoms with Gasteiger partial charge in [0.05, 0.1) is 0 Å². The number of hydrogen-bond acceptors (Lipinski definition) is 3. The van der Waals surface area contributed by atoms with E-state index < -0.39 is 22.1 Å². The molecule has 102 valence electrons. The number of halogens is 2. The molecule has 0 aromatic heterocycles. The van der Waals surface area contributed by atoms with Crippen LogP contribution in [0.3, 0.4) is 0 Å². The topological polar surface area (TPSA) is 26.3 Å². The number of thioether (sulfide) groups is 1. The smallest absolute Gasteiger partial charge is 0.320 e. The lowest BCUT2D eigenvalue weighted by Crippen LogP contribution is -2.35. The third-order valence-corrected chi connectivity index (χ3v) is 3.58. The van der Waals surface area contributed by atoms with E-state index in [4.69, 9.17) is 4.74 Å². The van der Waals surface area contributed by atoms with Crippen molar-refractivity contribution in [1.82, 2.24) is 0 Å². The molecule has 0 N–H and O–H groups in total. The number of carbonyl (C=O) groups excluding carboxylic acids is 1. The Balaban J connectivity index is 4.70. The lowest BCUT2D eigenvalue weighted by molar-refractivity contribution is -0.155. The second kappa shape index (κ2) is 6.03. The van der Waals surface area contributed by atoms with Crippen molar-refractivity contribution in [3.8, 4) is 0 Å². The number of carbonyl (C=O) groups is 1. The molecule has 0 spiro atoms. The van der Waals surface area contributed by atoms with E-state index >= 15 is 0 Å². The highest BCUT2D eigenvalue weighted by molar-refractivity contribution is 8.01. The molecule has 0 saturated heterocycles. The molecule has 0 aromatic rings. The fourth-order valence-corrected chi connectivity index (χ4v) is 2.04. The van der Waals surface area contributed by atoms with Gasteiger partial charge in [-0.3, -0.25) is 4.79 Å². The van der Waals surface area contributed by atoms with Gasteiger partial charge in [-0.2, -0.15) is 8.78 Å². The zero-order valence-electron chi connectivity index (χ0n) is 11.3. The molecular weight excluding hydrogens is 246 g/mol. The van der Waals surface area contributed by atoms with E-state index in [0.717, 1.165) is 0 Å². The molecule has 1 atom stereocenters. The minimum absolute atomic E-state index is 0.188. The number of esters is 1.